The molecule has 1 aromatic heterocycles. The quantitative estimate of drug-likeness (QED) is 0.796. The van der Waals surface area contributed by atoms with Crippen LogP contribution >= 0.6 is 0 Å². The van der Waals surface area contributed by atoms with Gasteiger partial charge in [0.2, 0.25) is 5.89 Å². The molecule has 1 amide bonds. The van der Waals surface area contributed by atoms with Crippen LogP contribution in [0.25, 0.3) is 11.5 Å². The van der Waals surface area contributed by atoms with Gasteiger partial charge in [0.25, 0.3) is 5.91 Å². The number of carbonyl (C=O) groups excluding carboxylic acids is 1. The first-order valence-electron chi connectivity index (χ1n) is 7.32. The van der Waals surface area contributed by atoms with Crippen molar-refractivity contribution in [2.45, 2.75) is 20.8 Å². The molecule has 0 saturated carbocycles. The molecule has 2 aromatic carbocycles. The third-order valence-electron chi connectivity index (χ3n) is 3.57. The molecule has 0 spiro atoms. The molecule has 0 unspecified atom stereocenters. The van der Waals surface area contributed by atoms with E-state index in [0.29, 0.717) is 11.5 Å². The Bertz CT molecular complexity index is 851. The van der Waals surface area contributed by atoms with Crippen molar-refractivity contribution in [3.05, 3.63) is 64.7 Å². The molecule has 1 heterocycles. The summed E-state index contributed by atoms with van der Waals surface area (Å²) in [5.41, 5.74) is 4.71. The van der Waals surface area contributed by atoms with Crippen molar-refractivity contribution < 1.29 is 9.21 Å². The van der Waals surface area contributed by atoms with E-state index in [1.54, 1.807) is 12.1 Å². The van der Waals surface area contributed by atoms with Gasteiger partial charge < -0.3 is 4.42 Å². The SMILES string of the molecule is Cc1ccc(C(=O)Nc2nnc(-c3ccc(C)cc3C)o2)cc1. The fraction of sp³-hybridized carbons (Fsp3) is 0.167. The number of aromatic nitrogens is 2. The normalized spacial score (nSPS) is 10.6. The Morgan fingerprint density at radius 2 is 1.65 bits per heavy atom. The number of nitrogens with zero attached hydrogens (tertiary/aromatic N) is 2. The molecular weight excluding hydrogens is 290 g/mol. The third kappa shape index (κ3) is 3.29. The number of amides is 1. The largest absolute Gasteiger partial charge is 0.403 e. The fourth-order valence-electron chi connectivity index (χ4n) is 2.31. The van der Waals surface area contributed by atoms with Gasteiger partial charge in [-0.15, -0.1) is 5.10 Å². The summed E-state index contributed by atoms with van der Waals surface area (Å²) < 4.78 is 5.55. The monoisotopic (exact) mass is 307 g/mol. The van der Waals surface area contributed by atoms with Crippen molar-refractivity contribution in [3.8, 4) is 11.5 Å². The van der Waals surface area contributed by atoms with Crippen molar-refractivity contribution in [2.24, 2.45) is 0 Å². The van der Waals surface area contributed by atoms with Crippen LogP contribution in [-0.4, -0.2) is 16.1 Å². The highest BCUT2D eigenvalue weighted by Gasteiger charge is 2.14. The summed E-state index contributed by atoms with van der Waals surface area (Å²) in [5.74, 6) is 0.113. The van der Waals surface area contributed by atoms with Gasteiger partial charge in [-0.05, 0) is 44.5 Å². The molecule has 0 atom stereocenters. The molecular formula is C18H17N3O2. The van der Waals surface area contributed by atoms with Crippen LogP contribution in [0.3, 0.4) is 0 Å². The van der Waals surface area contributed by atoms with Crippen LogP contribution in [0.4, 0.5) is 6.01 Å². The molecule has 23 heavy (non-hydrogen) atoms. The minimum atomic E-state index is -0.277. The van der Waals surface area contributed by atoms with E-state index in [1.165, 1.54) is 5.56 Å². The minimum absolute atomic E-state index is 0.0885. The molecule has 0 bridgehead atoms. The van der Waals surface area contributed by atoms with E-state index in [-0.39, 0.29) is 11.9 Å². The first-order chi connectivity index (χ1) is 11.0. The molecule has 3 aromatic rings. The Labute approximate surface area is 134 Å². The third-order valence-corrected chi connectivity index (χ3v) is 3.57. The van der Waals surface area contributed by atoms with Gasteiger partial charge >= 0.3 is 6.01 Å². The highest BCUT2D eigenvalue weighted by molar-refractivity contribution is 6.03. The number of hydrogen-bond donors (Lipinski definition) is 1. The number of carbonyl (C=O) groups is 1. The maximum atomic E-state index is 12.1. The molecule has 5 heteroatoms. The Hall–Kier alpha value is -2.95. The fourth-order valence-corrected chi connectivity index (χ4v) is 2.31. The first kappa shape index (κ1) is 15.0. The summed E-state index contributed by atoms with van der Waals surface area (Å²) in [6.07, 6.45) is 0. The second kappa shape index (κ2) is 6.04. The minimum Gasteiger partial charge on any atom is -0.403 e. The molecule has 3 rings (SSSR count). The summed E-state index contributed by atoms with van der Waals surface area (Å²) in [6, 6.07) is 13.3. The number of hydrogen-bond acceptors (Lipinski definition) is 4. The average molecular weight is 307 g/mol. The van der Waals surface area contributed by atoms with Crippen molar-refractivity contribution in [1.82, 2.24) is 10.2 Å². The second-order valence-corrected chi connectivity index (χ2v) is 5.55. The smallest absolute Gasteiger partial charge is 0.322 e. The molecule has 0 aliphatic heterocycles. The van der Waals surface area contributed by atoms with Crippen LogP contribution in [0.2, 0.25) is 0 Å². The van der Waals surface area contributed by atoms with Gasteiger partial charge in [0.1, 0.15) is 0 Å². The summed E-state index contributed by atoms with van der Waals surface area (Å²) in [5, 5.41) is 10.5. The molecule has 0 aliphatic rings. The lowest BCUT2D eigenvalue weighted by atomic mass is 10.1. The van der Waals surface area contributed by atoms with Gasteiger partial charge in [-0.3, -0.25) is 10.1 Å². The summed E-state index contributed by atoms with van der Waals surface area (Å²) in [4.78, 5) is 12.1. The van der Waals surface area contributed by atoms with Gasteiger partial charge in [-0.2, -0.15) is 0 Å². The molecule has 0 fully saturated rings. The number of anilines is 1. The van der Waals surface area contributed by atoms with E-state index in [2.05, 4.69) is 15.5 Å². The number of aryl methyl sites for hydroxylation is 3. The Kier molecular flexibility index (Phi) is 3.93. The van der Waals surface area contributed by atoms with Crippen LogP contribution in [0.15, 0.2) is 46.9 Å². The standard InChI is InChI=1S/C18H17N3O2/c1-11-4-7-14(8-5-11)16(22)19-18-21-20-17(23-18)15-9-6-12(2)10-13(15)3/h4-10H,1-3H3,(H,19,21,22). The lowest BCUT2D eigenvalue weighted by Crippen LogP contribution is -2.11. The predicted molar refractivity (Wildman–Crippen MR) is 88.3 cm³/mol. The van der Waals surface area contributed by atoms with E-state index >= 15 is 0 Å². The maximum Gasteiger partial charge on any atom is 0.322 e. The molecule has 0 aliphatic carbocycles. The van der Waals surface area contributed by atoms with Gasteiger partial charge in [0.05, 0.1) is 0 Å². The van der Waals surface area contributed by atoms with E-state index < -0.39 is 0 Å². The first-order valence-corrected chi connectivity index (χ1v) is 7.32. The lowest BCUT2D eigenvalue weighted by molar-refractivity contribution is 0.102. The van der Waals surface area contributed by atoms with Crippen LogP contribution < -0.4 is 5.32 Å². The highest BCUT2D eigenvalue weighted by Crippen LogP contribution is 2.24. The second-order valence-electron chi connectivity index (χ2n) is 5.55. The molecule has 5 nitrogen and oxygen atoms in total. The molecule has 0 saturated heterocycles. The average Bonchev–Trinajstić information content (AvgIpc) is 2.96. The number of benzene rings is 2. The molecule has 116 valence electrons. The Morgan fingerprint density at radius 3 is 2.35 bits per heavy atom. The van der Waals surface area contributed by atoms with E-state index in [1.807, 2.05) is 51.1 Å². The summed E-state index contributed by atoms with van der Waals surface area (Å²) in [6.45, 7) is 5.98. The van der Waals surface area contributed by atoms with Gasteiger partial charge in [0.15, 0.2) is 0 Å². The van der Waals surface area contributed by atoms with E-state index in [0.717, 1.165) is 16.7 Å². The Balaban J connectivity index is 1.79. The van der Waals surface area contributed by atoms with E-state index in [9.17, 15) is 4.79 Å². The van der Waals surface area contributed by atoms with Gasteiger partial charge in [-0.1, -0.05) is 40.5 Å². The highest BCUT2D eigenvalue weighted by atomic mass is 16.4. The van der Waals surface area contributed by atoms with Crippen LogP contribution in [-0.2, 0) is 0 Å². The lowest BCUT2D eigenvalue weighted by Gasteiger charge is -2.02. The van der Waals surface area contributed by atoms with Crippen molar-refractivity contribution >= 4 is 11.9 Å². The summed E-state index contributed by atoms with van der Waals surface area (Å²) >= 11 is 0. The number of rotatable bonds is 3. The predicted octanol–water partition coefficient (Wildman–Crippen LogP) is 3.91. The molecule has 0 radical (unpaired) electrons. The van der Waals surface area contributed by atoms with Gasteiger partial charge in [-0.25, -0.2) is 0 Å². The van der Waals surface area contributed by atoms with Crippen molar-refractivity contribution in [1.29, 1.82) is 0 Å². The zero-order chi connectivity index (χ0) is 16.4. The van der Waals surface area contributed by atoms with Crippen LogP contribution in [0, 0.1) is 20.8 Å². The van der Waals surface area contributed by atoms with Crippen LogP contribution in [0.5, 0.6) is 0 Å². The molecule has 1 N–H and O–H groups in total. The van der Waals surface area contributed by atoms with Gasteiger partial charge in [0, 0.05) is 11.1 Å². The van der Waals surface area contributed by atoms with E-state index in [4.69, 9.17) is 4.42 Å². The van der Waals surface area contributed by atoms with Crippen molar-refractivity contribution in [2.75, 3.05) is 5.32 Å². The summed E-state index contributed by atoms with van der Waals surface area (Å²) in [7, 11) is 0. The number of nitrogens with one attached hydrogen (secondary N) is 1. The zero-order valence-electron chi connectivity index (χ0n) is 13.3. The van der Waals surface area contributed by atoms with Crippen molar-refractivity contribution in [3.63, 3.8) is 0 Å². The zero-order valence-corrected chi connectivity index (χ0v) is 13.3. The maximum absolute atomic E-state index is 12.1. The van der Waals surface area contributed by atoms with Crippen LogP contribution in [0.1, 0.15) is 27.0 Å². The topological polar surface area (TPSA) is 68.0 Å². The Morgan fingerprint density at radius 1 is 0.957 bits per heavy atom.